The van der Waals surface area contributed by atoms with Crippen LogP contribution in [0.3, 0.4) is 0 Å². The molecule has 8 aromatic carbocycles. The molecule has 528 valence electrons. The van der Waals surface area contributed by atoms with Crippen molar-refractivity contribution in [3.05, 3.63) is 244 Å². The molecule has 14 rings (SSSR count). The fourth-order valence-electron chi connectivity index (χ4n) is 10.5. The maximum Gasteiger partial charge on any atom is 0.253 e. The number of aldehydes is 3. The number of hydrogen-bond donors (Lipinski definition) is 9. The number of halogens is 2. The normalized spacial score (nSPS) is 13.3. The van der Waals surface area contributed by atoms with Crippen LogP contribution < -0.4 is 47.9 Å². The summed E-state index contributed by atoms with van der Waals surface area (Å²) in [5.74, 6) is 11.8. The van der Waals surface area contributed by atoms with Gasteiger partial charge in [0.25, 0.3) is 29.5 Å². The van der Waals surface area contributed by atoms with E-state index < -0.39 is 16.1 Å². The summed E-state index contributed by atoms with van der Waals surface area (Å²) in [6.07, 6.45) is 13.0. The summed E-state index contributed by atoms with van der Waals surface area (Å²) >= 11 is 4.42. The summed E-state index contributed by atoms with van der Waals surface area (Å²) in [7, 11) is -2.51. The van der Waals surface area contributed by atoms with E-state index in [1.807, 2.05) is 109 Å². The molecule has 1 aromatic heterocycles. The molecule has 0 saturated carbocycles. The Bertz CT molecular complexity index is 4870. The van der Waals surface area contributed by atoms with Gasteiger partial charge in [-0.1, -0.05) is 148 Å². The maximum atomic E-state index is 12.2. The summed E-state index contributed by atoms with van der Waals surface area (Å²) in [4.78, 5) is 90.6. The highest BCUT2D eigenvalue weighted by atomic mass is 127. The van der Waals surface area contributed by atoms with Gasteiger partial charge < -0.3 is 52.4 Å². The van der Waals surface area contributed by atoms with Gasteiger partial charge >= 0.3 is 0 Å². The molecule has 5 amide bonds. The van der Waals surface area contributed by atoms with Crippen molar-refractivity contribution in [2.24, 2.45) is 0 Å². The van der Waals surface area contributed by atoms with Crippen LogP contribution in [-0.4, -0.2) is 128 Å². The lowest BCUT2D eigenvalue weighted by Gasteiger charge is -2.09. The molecular formula is C82H80I2N10O8Si2. The first kappa shape index (κ1) is 78.7. The van der Waals surface area contributed by atoms with E-state index in [9.17, 15) is 38.4 Å². The van der Waals surface area contributed by atoms with E-state index in [1.54, 1.807) is 54.6 Å². The van der Waals surface area contributed by atoms with Crippen LogP contribution in [0.5, 0.6) is 0 Å². The van der Waals surface area contributed by atoms with Crippen LogP contribution in [0.2, 0.25) is 39.3 Å². The van der Waals surface area contributed by atoms with Gasteiger partial charge in [0.2, 0.25) is 0 Å². The lowest BCUT2D eigenvalue weighted by atomic mass is 10.1. The molecule has 0 spiro atoms. The van der Waals surface area contributed by atoms with Gasteiger partial charge in [-0.3, -0.25) is 38.4 Å². The van der Waals surface area contributed by atoms with Crippen LogP contribution in [0.1, 0.15) is 105 Å². The van der Waals surface area contributed by atoms with Gasteiger partial charge in [-0.2, -0.15) is 0 Å². The minimum atomic E-state index is -1.40. The lowest BCUT2D eigenvalue weighted by Crippen LogP contribution is -2.24. The Balaban J connectivity index is 0.000000158. The van der Waals surface area contributed by atoms with Crippen molar-refractivity contribution in [3.8, 4) is 58.9 Å². The Morgan fingerprint density at radius 1 is 0.404 bits per heavy atom. The Labute approximate surface area is 636 Å². The third-order valence-electron chi connectivity index (χ3n) is 15.7. The number of amides is 5. The van der Waals surface area contributed by atoms with Crippen molar-refractivity contribution in [2.45, 2.75) is 45.8 Å². The highest BCUT2D eigenvalue weighted by Gasteiger charge is 2.23. The SMILES string of the molecule is C#C[Si](C)(C)C.C#Cc1cccc2c1NCCNC2=O.C[Si](C)(C)C#Cc1cccc2c1NCCNC2=O.O=C1NCCNc2c(I)cccc21.O=Cc1ccc(-c2cc3cccc4c3n2CCNC4=O)cc1.O=Cc1ccc(C#Cc2cccc3c2NCCNC3=O)cc1.O=Cc1ccc(I)cc1. The average molecular weight is 1640 g/mol. The Morgan fingerprint density at radius 3 is 1.24 bits per heavy atom. The zero-order chi connectivity index (χ0) is 74.8. The molecule has 9 aromatic rings. The van der Waals surface area contributed by atoms with Crippen molar-refractivity contribution in [2.75, 3.05) is 80.2 Å². The molecule has 0 radical (unpaired) electrons. The van der Waals surface area contributed by atoms with Crippen LogP contribution in [0, 0.1) is 54.8 Å². The zero-order valence-corrected chi connectivity index (χ0v) is 64.9. The fourth-order valence-corrected chi connectivity index (χ4v) is 12.1. The zero-order valence-electron chi connectivity index (χ0n) is 58.6. The number of nitrogens with one attached hydrogen (secondary N) is 9. The molecule has 0 fully saturated rings. The summed E-state index contributed by atoms with van der Waals surface area (Å²) in [5, 5.41) is 28.2. The fraction of sp³-hybridized carbons (Fsp3) is 0.195. The number of carbonyl (C=O) groups is 8. The number of aromatic nitrogens is 1. The molecule has 0 bridgehead atoms. The molecule has 5 aliphatic rings. The monoisotopic (exact) mass is 1640 g/mol. The van der Waals surface area contributed by atoms with Crippen LogP contribution in [0.15, 0.2) is 170 Å². The highest BCUT2D eigenvalue weighted by Crippen LogP contribution is 2.32. The van der Waals surface area contributed by atoms with Crippen molar-refractivity contribution in [1.82, 2.24) is 31.2 Å². The van der Waals surface area contributed by atoms with E-state index in [0.717, 1.165) is 124 Å². The minimum absolute atomic E-state index is 0.0125. The lowest BCUT2D eigenvalue weighted by molar-refractivity contribution is 0.0948. The Hall–Kier alpha value is -11.0. The minimum Gasteiger partial charge on any atom is -0.382 e. The molecule has 5 aliphatic heterocycles. The first-order valence-corrected chi connectivity index (χ1v) is 42.7. The number of fused-ring (bicyclic) bond motifs is 4. The van der Waals surface area contributed by atoms with Crippen molar-refractivity contribution < 1.29 is 38.4 Å². The number of hydrogen-bond acceptors (Lipinski definition) is 12. The van der Waals surface area contributed by atoms with Gasteiger partial charge in [-0.25, -0.2) is 0 Å². The van der Waals surface area contributed by atoms with Gasteiger partial charge in [0.15, 0.2) is 0 Å². The van der Waals surface area contributed by atoms with E-state index in [4.69, 9.17) is 12.8 Å². The first-order valence-electron chi connectivity index (χ1n) is 33.5. The molecule has 9 N–H and O–H groups in total. The second kappa shape index (κ2) is 38.3. The third-order valence-corrected chi connectivity index (χ3v) is 19.1. The molecule has 18 nitrogen and oxygen atoms in total. The number of benzene rings is 8. The molecule has 0 unspecified atom stereocenters. The quantitative estimate of drug-likeness (QED) is 0.0345. The summed E-state index contributed by atoms with van der Waals surface area (Å²) in [6, 6.07) is 52.2. The van der Waals surface area contributed by atoms with Gasteiger partial charge in [-0.15, -0.1) is 23.9 Å². The van der Waals surface area contributed by atoms with E-state index in [0.29, 0.717) is 79.2 Å². The van der Waals surface area contributed by atoms with E-state index in [1.165, 1.54) is 0 Å². The molecular weight excluding hydrogens is 1560 g/mol. The molecule has 0 saturated heterocycles. The van der Waals surface area contributed by atoms with Crippen LogP contribution >= 0.6 is 45.2 Å². The average Bonchev–Trinajstić information content (AvgIpc) is 1.61. The third kappa shape index (κ3) is 22.5. The molecule has 6 heterocycles. The Kier molecular flexibility index (Phi) is 29.0. The highest BCUT2D eigenvalue weighted by molar-refractivity contribution is 14.1. The van der Waals surface area contributed by atoms with Crippen molar-refractivity contribution in [1.29, 1.82) is 0 Å². The van der Waals surface area contributed by atoms with Crippen LogP contribution in [0.25, 0.3) is 22.2 Å². The summed E-state index contributed by atoms with van der Waals surface area (Å²) < 4.78 is 4.42. The van der Waals surface area contributed by atoms with Crippen molar-refractivity contribution >= 4 is 143 Å². The maximum absolute atomic E-state index is 12.2. The first-order chi connectivity index (χ1) is 50.0. The number of anilines is 4. The molecule has 0 aliphatic carbocycles. The predicted octanol–water partition coefficient (Wildman–Crippen LogP) is 12.9. The van der Waals surface area contributed by atoms with E-state index >= 15 is 0 Å². The van der Waals surface area contributed by atoms with Gasteiger partial charge in [-0.05, 0) is 136 Å². The smallest absolute Gasteiger partial charge is 0.253 e. The van der Waals surface area contributed by atoms with E-state index in [2.05, 4.69) is 178 Å². The van der Waals surface area contributed by atoms with E-state index in [-0.39, 0.29) is 29.5 Å². The summed E-state index contributed by atoms with van der Waals surface area (Å²) in [6.45, 7) is 19.9. The molecule has 0 atom stereocenters. The number of carbonyl (C=O) groups excluding carboxylic acids is 8. The largest absolute Gasteiger partial charge is 0.382 e. The molecule has 22 heteroatoms. The van der Waals surface area contributed by atoms with Crippen LogP contribution in [-0.2, 0) is 6.54 Å². The van der Waals surface area contributed by atoms with Gasteiger partial charge in [0, 0.05) is 123 Å². The predicted molar refractivity (Wildman–Crippen MR) is 440 cm³/mol. The second-order valence-corrected chi connectivity index (χ2v) is 37.6. The number of terminal acetylenes is 2. The number of para-hydroxylation sites is 5. The van der Waals surface area contributed by atoms with Gasteiger partial charge in [0.1, 0.15) is 35.0 Å². The van der Waals surface area contributed by atoms with Crippen molar-refractivity contribution in [3.63, 3.8) is 0 Å². The topological polar surface area (TPSA) is 250 Å². The molecule has 104 heavy (non-hydrogen) atoms. The van der Waals surface area contributed by atoms with Crippen LogP contribution in [0.4, 0.5) is 22.7 Å². The van der Waals surface area contributed by atoms with Gasteiger partial charge in [0.05, 0.1) is 56.1 Å². The Morgan fingerprint density at radius 2 is 0.779 bits per heavy atom. The second-order valence-electron chi connectivity index (χ2n) is 25.7. The number of nitrogens with zero attached hydrogens (tertiary/aromatic N) is 1. The summed E-state index contributed by atoms with van der Waals surface area (Å²) in [5.41, 5.74) is 21.2. The number of rotatable bonds is 4. The standard InChI is InChI=1S/2C18H14N2O2.C14H18N2OSi.C11H10N2O.C9H9IN2O.C7H5IO.C5H10Si/c21-11-12-4-6-13(7-5-12)16-10-14-2-1-3-15-17(14)20(16)9-8-19-18(15)22;21-12-14-6-4-13(5-7-14)8-9-15-2-1-3-16-17(15)19-10-11-20-18(16)22;1-18(2,3)10-7-11-5-4-6-12-13(11)15-8-9-16-14(12)17;1-2-8-4-3-5-9-10(8)12-6-7-13-11(9)14;10-7-3-1-2-6-8(7)11-4-5-12-9(6)13;8-7-3-1-6(5-9)2-4-7;1-5-6(2,3)4/h1-7,10-11H,8-9H2,(H,19,22);1-7,12,19H,10-11H2,(H,20,22);4-6,15H,8-9H2,1-3H3,(H,16,17);1,3-5,12H,6-7H2,(H,13,14);1-3,11H,4-5H2,(H,12,13);1-5H;1H,2-4H3.